The predicted octanol–water partition coefficient (Wildman–Crippen LogP) is 4.23. The summed E-state index contributed by atoms with van der Waals surface area (Å²) in [5, 5.41) is 10.6. The van der Waals surface area contributed by atoms with Gasteiger partial charge < -0.3 is 25.4 Å². The van der Waals surface area contributed by atoms with Crippen molar-refractivity contribution in [3.05, 3.63) is 24.3 Å². The third-order valence-corrected chi connectivity index (χ3v) is 7.65. The fraction of sp³-hybridized carbons (Fsp3) is 0.760. The van der Waals surface area contributed by atoms with E-state index in [2.05, 4.69) is 16.0 Å². The average molecular weight is 416 g/mol. The number of hydrogen-bond donors (Lipinski definition) is 3. The zero-order valence-corrected chi connectivity index (χ0v) is 18.6. The van der Waals surface area contributed by atoms with Crippen LogP contribution in [-0.4, -0.2) is 45.1 Å². The van der Waals surface area contributed by atoms with Gasteiger partial charge in [0.05, 0.1) is 0 Å². The molecule has 168 valence electrons. The van der Waals surface area contributed by atoms with Crippen LogP contribution in [0.2, 0.25) is 0 Å². The van der Waals surface area contributed by atoms with E-state index >= 15 is 0 Å². The molecule has 0 unspecified atom stereocenters. The Morgan fingerprint density at radius 3 is 1.90 bits per heavy atom. The fourth-order valence-corrected chi connectivity index (χ4v) is 5.78. The van der Waals surface area contributed by atoms with E-state index in [0.29, 0.717) is 17.7 Å². The summed E-state index contributed by atoms with van der Waals surface area (Å²) in [4.78, 5) is 0. The standard InChI is InChI=1S/C9H18N2.C9H17N.C7H6O2/c1-2-9(8-11-5-1)3-6-10-7-4-9;1-2-5-9(6-3-1)7-4-8-10-9;1-2-4-7-6(3-1)8-5-9-7/h10-11H,1-8H2;10H,1-8H2;1-4H,5H2. The largest absolute Gasteiger partial charge is 0.454 e. The summed E-state index contributed by atoms with van der Waals surface area (Å²) in [6.07, 6.45) is 15.8. The Labute approximate surface area is 182 Å². The van der Waals surface area contributed by atoms with E-state index in [-0.39, 0.29) is 0 Å². The van der Waals surface area contributed by atoms with Crippen molar-refractivity contribution in [3.63, 3.8) is 0 Å². The molecule has 6 rings (SSSR count). The van der Waals surface area contributed by atoms with Crippen molar-refractivity contribution in [1.29, 1.82) is 0 Å². The molecule has 2 spiro atoms. The van der Waals surface area contributed by atoms with Crippen molar-refractivity contribution < 1.29 is 9.47 Å². The van der Waals surface area contributed by atoms with E-state index in [9.17, 15) is 0 Å². The third-order valence-electron chi connectivity index (χ3n) is 7.65. The molecule has 4 aliphatic heterocycles. The normalized spacial score (nSPS) is 25.7. The quantitative estimate of drug-likeness (QED) is 0.592. The van der Waals surface area contributed by atoms with Crippen LogP contribution in [0.4, 0.5) is 0 Å². The maximum Gasteiger partial charge on any atom is 0.231 e. The lowest BCUT2D eigenvalue weighted by Gasteiger charge is -2.41. The molecule has 5 aliphatic rings. The Bertz CT molecular complexity index is 583. The molecule has 0 amide bonds. The molecule has 30 heavy (non-hydrogen) atoms. The van der Waals surface area contributed by atoms with Crippen LogP contribution in [0.5, 0.6) is 11.5 Å². The summed E-state index contributed by atoms with van der Waals surface area (Å²) in [5.74, 6) is 1.69. The van der Waals surface area contributed by atoms with Gasteiger partial charge in [0.1, 0.15) is 0 Å². The van der Waals surface area contributed by atoms with Crippen LogP contribution < -0.4 is 25.4 Å². The summed E-state index contributed by atoms with van der Waals surface area (Å²) in [5.41, 5.74) is 1.31. The molecule has 0 atom stereocenters. The summed E-state index contributed by atoms with van der Waals surface area (Å²) in [6.45, 7) is 6.63. The molecule has 3 N–H and O–H groups in total. The lowest BCUT2D eigenvalue weighted by molar-refractivity contribution is 0.150. The molecule has 1 saturated carbocycles. The first kappa shape index (κ1) is 21.9. The van der Waals surface area contributed by atoms with Crippen LogP contribution in [0.15, 0.2) is 24.3 Å². The van der Waals surface area contributed by atoms with Crippen LogP contribution in [0, 0.1) is 5.41 Å². The van der Waals surface area contributed by atoms with Crippen LogP contribution >= 0.6 is 0 Å². The molecule has 0 aromatic heterocycles. The first-order chi connectivity index (χ1) is 14.8. The van der Waals surface area contributed by atoms with Gasteiger partial charge in [-0.1, -0.05) is 31.4 Å². The first-order valence-electron chi connectivity index (χ1n) is 12.3. The van der Waals surface area contributed by atoms with Gasteiger partial charge >= 0.3 is 0 Å². The molecular weight excluding hydrogens is 374 g/mol. The fourth-order valence-electron chi connectivity index (χ4n) is 5.78. The van der Waals surface area contributed by atoms with Crippen molar-refractivity contribution >= 4 is 0 Å². The highest BCUT2D eigenvalue weighted by Crippen LogP contribution is 2.35. The maximum absolute atomic E-state index is 5.08. The molecule has 1 aromatic carbocycles. The number of benzene rings is 1. The van der Waals surface area contributed by atoms with Gasteiger partial charge in [0.25, 0.3) is 0 Å². The van der Waals surface area contributed by atoms with E-state index in [0.717, 1.165) is 11.5 Å². The van der Waals surface area contributed by atoms with Crippen LogP contribution in [0.3, 0.4) is 0 Å². The lowest BCUT2D eigenvalue weighted by Crippen LogP contribution is -2.46. The van der Waals surface area contributed by atoms with Gasteiger partial charge in [-0.05, 0) is 95.1 Å². The molecule has 4 fully saturated rings. The topological polar surface area (TPSA) is 54.5 Å². The number of hydrogen-bond acceptors (Lipinski definition) is 5. The van der Waals surface area contributed by atoms with Crippen molar-refractivity contribution in [2.75, 3.05) is 39.5 Å². The Morgan fingerprint density at radius 1 is 0.633 bits per heavy atom. The van der Waals surface area contributed by atoms with Gasteiger partial charge in [-0.15, -0.1) is 0 Å². The van der Waals surface area contributed by atoms with Crippen LogP contribution in [-0.2, 0) is 0 Å². The van der Waals surface area contributed by atoms with Gasteiger partial charge in [-0.2, -0.15) is 0 Å². The maximum atomic E-state index is 5.08. The molecule has 5 heteroatoms. The monoisotopic (exact) mass is 415 g/mol. The number of para-hydroxylation sites is 2. The summed E-state index contributed by atoms with van der Waals surface area (Å²) in [6, 6.07) is 7.63. The van der Waals surface area contributed by atoms with Gasteiger partial charge in [0.15, 0.2) is 11.5 Å². The molecule has 0 radical (unpaired) electrons. The van der Waals surface area contributed by atoms with Gasteiger partial charge in [0, 0.05) is 12.1 Å². The van der Waals surface area contributed by atoms with Crippen LogP contribution in [0.25, 0.3) is 0 Å². The number of nitrogens with one attached hydrogen (secondary N) is 3. The van der Waals surface area contributed by atoms with E-state index < -0.39 is 0 Å². The first-order valence-corrected chi connectivity index (χ1v) is 12.3. The lowest BCUT2D eigenvalue weighted by atomic mass is 9.73. The third kappa shape index (κ3) is 5.89. The zero-order chi connectivity index (χ0) is 20.5. The van der Waals surface area contributed by atoms with Gasteiger partial charge in [-0.25, -0.2) is 0 Å². The SMILES string of the molecule is C1CCC2(CC1)CCCN2.C1CNCC2(C1)CCNCC2.c1ccc2c(c1)OCO2. The molecule has 1 aromatic rings. The van der Waals surface area contributed by atoms with Crippen molar-refractivity contribution in [1.82, 2.24) is 16.0 Å². The van der Waals surface area contributed by atoms with E-state index in [1.807, 2.05) is 24.3 Å². The summed E-state index contributed by atoms with van der Waals surface area (Å²) >= 11 is 0. The summed E-state index contributed by atoms with van der Waals surface area (Å²) < 4.78 is 10.2. The van der Waals surface area contributed by atoms with Gasteiger partial charge in [-0.3, -0.25) is 0 Å². The molecule has 0 bridgehead atoms. The predicted molar refractivity (Wildman–Crippen MR) is 122 cm³/mol. The van der Waals surface area contributed by atoms with Crippen molar-refractivity contribution in [2.24, 2.45) is 5.41 Å². The molecule has 1 aliphatic carbocycles. The van der Waals surface area contributed by atoms with Gasteiger partial charge in [0.2, 0.25) is 6.79 Å². The minimum Gasteiger partial charge on any atom is -0.454 e. The molecular formula is C25H41N3O2. The number of fused-ring (bicyclic) bond motifs is 1. The molecule has 3 saturated heterocycles. The Balaban J connectivity index is 0.000000109. The number of ether oxygens (including phenoxy) is 2. The Morgan fingerprint density at radius 2 is 1.30 bits per heavy atom. The molecule has 5 nitrogen and oxygen atoms in total. The second kappa shape index (κ2) is 10.8. The van der Waals surface area contributed by atoms with E-state index in [1.54, 1.807) is 0 Å². The number of rotatable bonds is 0. The minimum absolute atomic E-state index is 0.360. The highest BCUT2D eigenvalue weighted by atomic mass is 16.7. The second-order valence-corrected chi connectivity index (χ2v) is 9.75. The minimum atomic E-state index is 0.360. The van der Waals surface area contributed by atoms with E-state index in [4.69, 9.17) is 9.47 Å². The highest BCUT2D eigenvalue weighted by molar-refractivity contribution is 5.40. The zero-order valence-electron chi connectivity index (χ0n) is 18.6. The average Bonchev–Trinajstić information content (AvgIpc) is 3.46. The summed E-state index contributed by atoms with van der Waals surface area (Å²) in [7, 11) is 0. The van der Waals surface area contributed by atoms with Crippen molar-refractivity contribution in [2.45, 2.75) is 76.2 Å². The smallest absolute Gasteiger partial charge is 0.231 e. The van der Waals surface area contributed by atoms with E-state index in [1.165, 1.54) is 103 Å². The van der Waals surface area contributed by atoms with Crippen molar-refractivity contribution in [3.8, 4) is 11.5 Å². The second-order valence-electron chi connectivity index (χ2n) is 9.75. The molecule has 4 heterocycles. The van der Waals surface area contributed by atoms with Crippen LogP contribution in [0.1, 0.15) is 70.6 Å². The Kier molecular flexibility index (Phi) is 7.91. The number of piperidine rings is 2. The highest BCUT2D eigenvalue weighted by Gasteiger charge is 2.34. The Hall–Kier alpha value is -1.30.